The smallest absolute Gasteiger partial charge is 0.411 e. The van der Waals surface area contributed by atoms with Crippen molar-refractivity contribution in [3.63, 3.8) is 0 Å². The molecule has 0 spiro atoms. The van der Waals surface area contributed by atoms with Gasteiger partial charge < -0.3 is 9.47 Å². The molecule has 1 amide bonds. The first kappa shape index (κ1) is 13.8. The SMILES string of the molecule is C=C(NC(=O)OCC)C(=O)OCc1ccccc1. The monoisotopic (exact) mass is 249 g/mol. The van der Waals surface area contributed by atoms with E-state index in [2.05, 4.69) is 16.6 Å². The Morgan fingerprint density at radius 3 is 2.50 bits per heavy atom. The van der Waals surface area contributed by atoms with Crippen LogP contribution < -0.4 is 5.32 Å². The fourth-order valence-corrected chi connectivity index (χ4v) is 1.15. The first-order valence-corrected chi connectivity index (χ1v) is 5.47. The molecule has 0 aliphatic carbocycles. The summed E-state index contributed by atoms with van der Waals surface area (Å²) in [6, 6.07) is 9.21. The van der Waals surface area contributed by atoms with Crippen molar-refractivity contribution in [2.45, 2.75) is 13.5 Å². The maximum atomic E-state index is 11.5. The minimum absolute atomic E-state index is 0.128. The van der Waals surface area contributed by atoms with Gasteiger partial charge in [0.1, 0.15) is 12.3 Å². The van der Waals surface area contributed by atoms with Gasteiger partial charge in [0.05, 0.1) is 6.61 Å². The molecule has 0 fully saturated rings. The van der Waals surface area contributed by atoms with Crippen molar-refractivity contribution >= 4 is 12.1 Å². The Hall–Kier alpha value is -2.30. The summed E-state index contributed by atoms with van der Waals surface area (Å²) in [5, 5.41) is 2.19. The van der Waals surface area contributed by atoms with E-state index >= 15 is 0 Å². The lowest BCUT2D eigenvalue weighted by atomic mass is 10.2. The van der Waals surface area contributed by atoms with E-state index in [1.807, 2.05) is 30.3 Å². The molecule has 0 saturated carbocycles. The number of carbonyl (C=O) groups excluding carboxylic acids is 2. The van der Waals surface area contributed by atoms with Crippen LogP contribution in [0.5, 0.6) is 0 Å². The number of rotatable bonds is 5. The standard InChI is InChI=1S/C13H15NO4/c1-3-17-13(16)14-10(2)12(15)18-9-11-7-5-4-6-8-11/h4-8H,2-3,9H2,1H3,(H,14,16). The molecule has 0 bridgehead atoms. The van der Waals surface area contributed by atoms with Gasteiger partial charge in [0.2, 0.25) is 0 Å². The van der Waals surface area contributed by atoms with Gasteiger partial charge in [-0.2, -0.15) is 0 Å². The molecule has 0 aliphatic heterocycles. The molecule has 5 nitrogen and oxygen atoms in total. The number of hydrogen-bond acceptors (Lipinski definition) is 4. The van der Waals surface area contributed by atoms with E-state index < -0.39 is 12.1 Å². The second-order valence-corrected chi connectivity index (χ2v) is 3.39. The zero-order valence-corrected chi connectivity index (χ0v) is 10.1. The number of ether oxygens (including phenoxy) is 2. The van der Waals surface area contributed by atoms with Crippen molar-refractivity contribution in [1.29, 1.82) is 0 Å². The highest BCUT2D eigenvalue weighted by Crippen LogP contribution is 2.02. The molecule has 1 aromatic rings. The Balaban J connectivity index is 2.37. The molecule has 1 N–H and O–H groups in total. The number of hydrogen-bond donors (Lipinski definition) is 1. The van der Waals surface area contributed by atoms with Crippen LogP contribution in [0.1, 0.15) is 12.5 Å². The summed E-state index contributed by atoms with van der Waals surface area (Å²) in [4.78, 5) is 22.5. The number of esters is 1. The maximum absolute atomic E-state index is 11.5. The number of nitrogens with one attached hydrogen (secondary N) is 1. The summed E-state index contributed by atoms with van der Waals surface area (Å²) in [5.41, 5.74) is 0.708. The summed E-state index contributed by atoms with van der Waals surface area (Å²) < 4.78 is 9.57. The van der Waals surface area contributed by atoms with Crippen molar-refractivity contribution in [1.82, 2.24) is 5.32 Å². The normalized spacial score (nSPS) is 9.39. The van der Waals surface area contributed by atoms with E-state index in [9.17, 15) is 9.59 Å². The van der Waals surface area contributed by atoms with Crippen molar-refractivity contribution < 1.29 is 19.1 Å². The van der Waals surface area contributed by atoms with Crippen molar-refractivity contribution in [2.24, 2.45) is 0 Å². The van der Waals surface area contributed by atoms with Crippen molar-refractivity contribution in [2.75, 3.05) is 6.61 Å². The zero-order chi connectivity index (χ0) is 13.4. The van der Waals surface area contributed by atoms with Gasteiger partial charge >= 0.3 is 12.1 Å². The predicted octanol–water partition coefficient (Wildman–Crippen LogP) is 1.99. The molecule has 0 atom stereocenters. The van der Waals surface area contributed by atoms with Crippen LogP contribution in [-0.4, -0.2) is 18.7 Å². The van der Waals surface area contributed by atoms with E-state index in [4.69, 9.17) is 4.74 Å². The van der Waals surface area contributed by atoms with E-state index in [-0.39, 0.29) is 18.9 Å². The molecule has 0 aromatic heterocycles. The van der Waals surface area contributed by atoms with Crippen LogP contribution in [0.25, 0.3) is 0 Å². The lowest BCUT2D eigenvalue weighted by Gasteiger charge is -2.08. The molecular formula is C13H15NO4. The third-order valence-electron chi connectivity index (χ3n) is 1.99. The lowest BCUT2D eigenvalue weighted by Crippen LogP contribution is -2.28. The van der Waals surface area contributed by atoms with Crippen LogP contribution in [0.3, 0.4) is 0 Å². The minimum atomic E-state index is -0.723. The molecule has 0 radical (unpaired) electrons. The van der Waals surface area contributed by atoms with Gasteiger partial charge in [0, 0.05) is 0 Å². The molecule has 5 heteroatoms. The van der Waals surface area contributed by atoms with Crippen LogP contribution in [0, 0.1) is 0 Å². The Morgan fingerprint density at radius 1 is 1.22 bits per heavy atom. The fraction of sp³-hybridized carbons (Fsp3) is 0.231. The molecular weight excluding hydrogens is 234 g/mol. The number of benzene rings is 1. The van der Waals surface area contributed by atoms with Gasteiger partial charge in [-0.1, -0.05) is 36.9 Å². The topological polar surface area (TPSA) is 64.6 Å². The fourth-order valence-electron chi connectivity index (χ4n) is 1.15. The molecule has 96 valence electrons. The van der Waals surface area contributed by atoms with Crippen LogP contribution in [0.15, 0.2) is 42.6 Å². The molecule has 1 aromatic carbocycles. The third-order valence-corrected chi connectivity index (χ3v) is 1.99. The minimum Gasteiger partial charge on any atom is -0.456 e. The highest BCUT2D eigenvalue weighted by atomic mass is 16.6. The molecule has 1 rings (SSSR count). The van der Waals surface area contributed by atoms with E-state index in [1.54, 1.807) is 6.92 Å². The summed E-state index contributed by atoms with van der Waals surface area (Å²) in [6.45, 7) is 5.41. The van der Waals surface area contributed by atoms with Crippen LogP contribution >= 0.6 is 0 Å². The maximum Gasteiger partial charge on any atom is 0.411 e. The summed E-state index contributed by atoms with van der Waals surface area (Å²) in [7, 11) is 0. The van der Waals surface area contributed by atoms with Crippen LogP contribution in [0.4, 0.5) is 4.79 Å². The van der Waals surface area contributed by atoms with Crippen LogP contribution in [-0.2, 0) is 20.9 Å². The quantitative estimate of drug-likeness (QED) is 0.640. The Morgan fingerprint density at radius 2 is 1.89 bits per heavy atom. The van der Waals surface area contributed by atoms with E-state index in [1.165, 1.54) is 0 Å². The Bertz CT molecular complexity index is 428. The van der Waals surface area contributed by atoms with Crippen LogP contribution in [0.2, 0.25) is 0 Å². The Labute approximate surface area is 105 Å². The largest absolute Gasteiger partial charge is 0.456 e. The van der Waals surface area contributed by atoms with Crippen molar-refractivity contribution in [3.05, 3.63) is 48.2 Å². The average Bonchev–Trinajstić information content (AvgIpc) is 2.37. The van der Waals surface area contributed by atoms with Crippen molar-refractivity contribution in [3.8, 4) is 0 Å². The summed E-state index contributed by atoms with van der Waals surface area (Å²) >= 11 is 0. The lowest BCUT2D eigenvalue weighted by molar-refractivity contribution is -0.140. The zero-order valence-electron chi connectivity index (χ0n) is 10.1. The average molecular weight is 249 g/mol. The van der Waals surface area contributed by atoms with Gasteiger partial charge in [-0.25, -0.2) is 9.59 Å². The second-order valence-electron chi connectivity index (χ2n) is 3.39. The van der Waals surface area contributed by atoms with Gasteiger partial charge in [0.25, 0.3) is 0 Å². The predicted molar refractivity (Wildman–Crippen MR) is 65.5 cm³/mol. The number of carbonyl (C=O) groups is 2. The van der Waals surface area contributed by atoms with E-state index in [0.29, 0.717) is 0 Å². The molecule has 18 heavy (non-hydrogen) atoms. The molecule has 0 aliphatic rings. The molecule has 0 unspecified atom stereocenters. The number of alkyl carbamates (subject to hydrolysis) is 1. The van der Waals surface area contributed by atoms with E-state index in [0.717, 1.165) is 5.56 Å². The second kappa shape index (κ2) is 7.11. The summed E-state index contributed by atoms with van der Waals surface area (Å²) in [6.07, 6.45) is -0.723. The third kappa shape index (κ3) is 4.69. The van der Waals surface area contributed by atoms with Gasteiger partial charge in [0.15, 0.2) is 0 Å². The number of amides is 1. The highest BCUT2D eigenvalue weighted by Gasteiger charge is 2.12. The van der Waals surface area contributed by atoms with Gasteiger partial charge in [-0.3, -0.25) is 5.32 Å². The highest BCUT2D eigenvalue weighted by molar-refractivity contribution is 5.91. The van der Waals surface area contributed by atoms with Gasteiger partial charge in [-0.05, 0) is 12.5 Å². The van der Waals surface area contributed by atoms with Gasteiger partial charge in [-0.15, -0.1) is 0 Å². The molecule has 0 heterocycles. The molecule has 0 saturated heterocycles. The summed E-state index contributed by atoms with van der Waals surface area (Å²) in [5.74, 6) is -0.688. The Kier molecular flexibility index (Phi) is 5.44. The first-order chi connectivity index (χ1) is 8.63. The first-order valence-electron chi connectivity index (χ1n) is 5.47.